The van der Waals surface area contributed by atoms with E-state index in [0.29, 0.717) is 23.7 Å². The average Bonchev–Trinajstić information content (AvgIpc) is 3.65. The molecule has 0 aliphatic carbocycles. The fraction of sp³-hybridized carbons (Fsp3) is 0.294. The minimum Gasteiger partial charge on any atom is -0.384 e. The van der Waals surface area contributed by atoms with Crippen molar-refractivity contribution in [2.75, 3.05) is 45.6 Å². The number of piperidine rings is 1. The number of likely N-dealkylation sites (N-methyl/N-ethyl adjacent to an activating group) is 1. The molecule has 0 spiro atoms. The number of anilines is 1. The van der Waals surface area contributed by atoms with Gasteiger partial charge in [0.25, 0.3) is 0 Å². The number of H-pyrrole nitrogens is 2. The summed E-state index contributed by atoms with van der Waals surface area (Å²) in [6.07, 6.45) is 9.45. The van der Waals surface area contributed by atoms with Crippen LogP contribution >= 0.6 is 0 Å². The lowest BCUT2D eigenvalue weighted by Crippen LogP contribution is -2.29. The van der Waals surface area contributed by atoms with E-state index in [0.717, 1.165) is 70.5 Å². The lowest BCUT2D eigenvalue weighted by molar-refractivity contribution is 0.220. The number of nitrogens with one attached hydrogen (secondary N) is 3. The molecular formula is C34H36FN9. The van der Waals surface area contributed by atoms with Crippen molar-refractivity contribution >= 4 is 27.8 Å². The van der Waals surface area contributed by atoms with Crippen molar-refractivity contribution in [3.05, 3.63) is 78.5 Å². The van der Waals surface area contributed by atoms with Crippen molar-refractivity contribution in [2.45, 2.75) is 25.8 Å². The fourth-order valence-corrected chi connectivity index (χ4v) is 6.02. The second-order valence-corrected chi connectivity index (χ2v) is 11.9. The van der Waals surface area contributed by atoms with Gasteiger partial charge in [-0.2, -0.15) is 5.10 Å². The highest BCUT2D eigenvalue weighted by Gasteiger charge is 2.18. The number of aromatic amines is 2. The third kappa shape index (κ3) is 5.91. The lowest BCUT2D eigenvalue weighted by atomic mass is 10.0. The first-order valence-corrected chi connectivity index (χ1v) is 15.2. The standard InChI is InChI=1S/C34H36FN9/c1-43(2)13-10-37-27-16-24(15-26(35)18-27)28-8-9-38-33-31(28)39-34(40-33)32-29-17-23(6-7-30(29)41-42-32)25-14-22(19-36-20-25)21-44-11-4-3-5-12-44/h6-9,14-20,37H,3-5,10-13,21H2,1-2H3,(H,41,42)(H,38,39,40). The Morgan fingerprint density at radius 2 is 1.84 bits per heavy atom. The highest BCUT2D eigenvalue weighted by Crippen LogP contribution is 2.34. The molecule has 0 amide bonds. The average molecular weight is 590 g/mol. The fourth-order valence-electron chi connectivity index (χ4n) is 6.02. The molecule has 7 rings (SSSR count). The number of halogens is 1. The SMILES string of the molecule is CN(C)CCNc1cc(F)cc(-c2ccnc3nc(-c4n[nH]c5ccc(-c6cncc(CN7CCCCC7)c6)cc45)[nH]c23)c1. The third-order valence-corrected chi connectivity index (χ3v) is 8.26. The van der Waals surface area contributed by atoms with Crippen LogP contribution < -0.4 is 5.32 Å². The summed E-state index contributed by atoms with van der Waals surface area (Å²) in [5.41, 5.74) is 8.54. The van der Waals surface area contributed by atoms with E-state index in [1.54, 1.807) is 6.20 Å². The van der Waals surface area contributed by atoms with E-state index >= 15 is 0 Å². The Bertz CT molecular complexity index is 1920. The summed E-state index contributed by atoms with van der Waals surface area (Å²) < 4.78 is 14.7. The van der Waals surface area contributed by atoms with Gasteiger partial charge in [0.2, 0.25) is 0 Å². The highest BCUT2D eigenvalue weighted by molar-refractivity contribution is 5.97. The van der Waals surface area contributed by atoms with Crippen LogP contribution in [0.1, 0.15) is 24.8 Å². The zero-order valence-corrected chi connectivity index (χ0v) is 25.1. The van der Waals surface area contributed by atoms with E-state index in [1.807, 2.05) is 44.7 Å². The number of fused-ring (bicyclic) bond motifs is 2. The molecule has 3 N–H and O–H groups in total. The molecular weight excluding hydrogens is 553 g/mol. The van der Waals surface area contributed by atoms with Crippen molar-refractivity contribution in [3.63, 3.8) is 0 Å². The second kappa shape index (κ2) is 12.1. The van der Waals surface area contributed by atoms with Crippen LogP contribution in [0.3, 0.4) is 0 Å². The van der Waals surface area contributed by atoms with Crippen molar-refractivity contribution < 1.29 is 4.39 Å². The second-order valence-electron chi connectivity index (χ2n) is 11.9. The van der Waals surface area contributed by atoms with Crippen LogP contribution in [0.5, 0.6) is 0 Å². The Morgan fingerprint density at radius 1 is 0.955 bits per heavy atom. The van der Waals surface area contributed by atoms with Gasteiger partial charge in [0.1, 0.15) is 11.5 Å². The topological polar surface area (TPSA) is 102 Å². The van der Waals surface area contributed by atoms with E-state index < -0.39 is 0 Å². The Hall–Kier alpha value is -4.67. The molecule has 1 aliphatic rings. The summed E-state index contributed by atoms with van der Waals surface area (Å²) in [7, 11) is 4.02. The van der Waals surface area contributed by atoms with Crippen LogP contribution in [0.4, 0.5) is 10.1 Å². The summed E-state index contributed by atoms with van der Waals surface area (Å²) in [6, 6.07) is 15.4. The van der Waals surface area contributed by atoms with E-state index in [4.69, 9.17) is 4.98 Å². The number of hydrogen-bond acceptors (Lipinski definition) is 7. The van der Waals surface area contributed by atoms with Gasteiger partial charge >= 0.3 is 0 Å². The zero-order valence-electron chi connectivity index (χ0n) is 25.1. The van der Waals surface area contributed by atoms with Crippen molar-refractivity contribution in [3.8, 4) is 33.8 Å². The van der Waals surface area contributed by atoms with Crippen LogP contribution in [0.2, 0.25) is 0 Å². The molecule has 5 heterocycles. The smallest absolute Gasteiger partial charge is 0.178 e. The van der Waals surface area contributed by atoms with Gasteiger partial charge in [-0.3, -0.25) is 15.0 Å². The molecule has 0 bridgehead atoms. The number of pyridine rings is 2. The molecule has 1 fully saturated rings. The monoisotopic (exact) mass is 589 g/mol. The molecule has 9 nitrogen and oxygen atoms in total. The molecule has 0 atom stereocenters. The molecule has 10 heteroatoms. The van der Waals surface area contributed by atoms with Gasteiger partial charge in [0.15, 0.2) is 11.5 Å². The number of aromatic nitrogens is 6. The summed E-state index contributed by atoms with van der Waals surface area (Å²) in [6.45, 7) is 4.78. The van der Waals surface area contributed by atoms with E-state index in [9.17, 15) is 4.39 Å². The molecule has 1 aliphatic heterocycles. The third-order valence-electron chi connectivity index (χ3n) is 8.26. The molecule has 1 saturated heterocycles. The van der Waals surface area contributed by atoms with Gasteiger partial charge in [-0.15, -0.1) is 0 Å². The van der Waals surface area contributed by atoms with Gasteiger partial charge in [-0.25, -0.2) is 14.4 Å². The first kappa shape index (κ1) is 28.1. The maximum atomic E-state index is 14.7. The van der Waals surface area contributed by atoms with Crippen molar-refractivity contribution in [2.24, 2.45) is 0 Å². The number of imidazole rings is 1. The van der Waals surface area contributed by atoms with Gasteiger partial charge in [0.05, 0.1) is 11.0 Å². The molecule has 4 aromatic heterocycles. The largest absolute Gasteiger partial charge is 0.384 e. The van der Waals surface area contributed by atoms with Gasteiger partial charge < -0.3 is 15.2 Å². The minimum absolute atomic E-state index is 0.306. The molecule has 0 radical (unpaired) electrons. The normalized spacial score (nSPS) is 14.2. The zero-order chi connectivity index (χ0) is 30.0. The molecule has 44 heavy (non-hydrogen) atoms. The van der Waals surface area contributed by atoms with Crippen LogP contribution in [0.25, 0.3) is 55.8 Å². The summed E-state index contributed by atoms with van der Waals surface area (Å²) in [5, 5.41) is 12.0. The number of nitrogens with zero attached hydrogens (tertiary/aromatic N) is 6. The predicted molar refractivity (Wildman–Crippen MR) is 174 cm³/mol. The molecule has 0 saturated carbocycles. The van der Waals surface area contributed by atoms with Gasteiger partial charge in [0, 0.05) is 60.4 Å². The summed E-state index contributed by atoms with van der Waals surface area (Å²) in [4.78, 5) is 21.9. The van der Waals surface area contributed by atoms with Crippen LogP contribution in [-0.4, -0.2) is 80.2 Å². The maximum absolute atomic E-state index is 14.7. The number of hydrogen-bond donors (Lipinski definition) is 3. The number of rotatable bonds is 9. The Morgan fingerprint density at radius 3 is 2.70 bits per heavy atom. The van der Waals surface area contributed by atoms with E-state index in [1.165, 1.54) is 37.0 Å². The first-order chi connectivity index (χ1) is 21.5. The Labute approximate surface area is 255 Å². The van der Waals surface area contributed by atoms with Crippen LogP contribution in [-0.2, 0) is 6.54 Å². The van der Waals surface area contributed by atoms with Gasteiger partial charge in [-0.05, 0) is 99.2 Å². The minimum atomic E-state index is -0.306. The quantitative estimate of drug-likeness (QED) is 0.181. The van der Waals surface area contributed by atoms with E-state index in [-0.39, 0.29) is 5.82 Å². The summed E-state index contributed by atoms with van der Waals surface area (Å²) in [5.74, 6) is 0.293. The lowest BCUT2D eigenvalue weighted by Gasteiger charge is -2.26. The molecule has 2 aromatic carbocycles. The highest BCUT2D eigenvalue weighted by atomic mass is 19.1. The molecule has 6 aromatic rings. The van der Waals surface area contributed by atoms with Crippen LogP contribution in [0.15, 0.2) is 67.1 Å². The molecule has 224 valence electrons. The van der Waals surface area contributed by atoms with Crippen molar-refractivity contribution in [1.82, 2.24) is 39.9 Å². The number of likely N-dealkylation sites (tertiary alicyclic amines) is 1. The molecule has 0 unspecified atom stereocenters. The maximum Gasteiger partial charge on any atom is 0.178 e. The first-order valence-electron chi connectivity index (χ1n) is 15.2. The van der Waals surface area contributed by atoms with Crippen LogP contribution in [0, 0.1) is 5.82 Å². The number of benzene rings is 2. The van der Waals surface area contributed by atoms with Gasteiger partial charge in [-0.1, -0.05) is 12.5 Å². The van der Waals surface area contributed by atoms with Crippen molar-refractivity contribution in [1.29, 1.82) is 0 Å². The van der Waals surface area contributed by atoms with E-state index in [2.05, 4.69) is 58.5 Å². The Balaban J connectivity index is 1.21. The Kier molecular flexibility index (Phi) is 7.76. The summed E-state index contributed by atoms with van der Waals surface area (Å²) >= 11 is 0. The predicted octanol–water partition coefficient (Wildman–Crippen LogP) is 6.33.